The molecule has 0 heterocycles. The Morgan fingerprint density at radius 1 is 1.05 bits per heavy atom. The third-order valence-electron chi connectivity index (χ3n) is 3.65. The summed E-state index contributed by atoms with van der Waals surface area (Å²) in [4.78, 5) is 0. The van der Waals surface area contributed by atoms with Crippen molar-refractivity contribution < 1.29 is 8.42 Å². The monoisotopic (exact) mass is 305 g/mol. The molecule has 0 aliphatic heterocycles. The minimum atomic E-state index is -2.91. The molecule has 114 valence electrons. The van der Waals surface area contributed by atoms with E-state index in [1.807, 2.05) is 19.1 Å². The summed E-state index contributed by atoms with van der Waals surface area (Å²) in [5, 5.41) is 5.92. The fourth-order valence-corrected chi connectivity index (χ4v) is 3.84. The van der Waals surface area contributed by atoms with Crippen molar-refractivity contribution >= 4 is 20.6 Å². The second-order valence-electron chi connectivity index (χ2n) is 5.90. The summed E-state index contributed by atoms with van der Waals surface area (Å²) < 4.78 is 22.6. The molecule has 4 heteroatoms. The molecule has 0 fully saturated rings. The van der Waals surface area contributed by atoms with Gasteiger partial charge in [0.25, 0.3) is 0 Å². The zero-order chi connectivity index (χ0) is 15.5. The lowest BCUT2D eigenvalue weighted by Crippen LogP contribution is -2.28. The minimum absolute atomic E-state index is 0.109. The maximum Gasteiger partial charge on any atom is 0.147 e. The highest BCUT2D eigenvalue weighted by atomic mass is 32.2. The van der Waals surface area contributed by atoms with Gasteiger partial charge in [0.2, 0.25) is 0 Å². The zero-order valence-corrected chi connectivity index (χ0v) is 13.7. The minimum Gasteiger partial charge on any atom is -0.310 e. The highest BCUT2D eigenvalue weighted by molar-refractivity contribution is 7.90. The summed E-state index contributed by atoms with van der Waals surface area (Å²) in [6.45, 7) is 4.77. The van der Waals surface area contributed by atoms with E-state index >= 15 is 0 Å². The van der Waals surface area contributed by atoms with Gasteiger partial charge in [0.15, 0.2) is 0 Å². The molecule has 0 amide bonds. The molecule has 21 heavy (non-hydrogen) atoms. The number of rotatable bonds is 6. The molecule has 2 aromatic rings. The van der Waals surface area contributed by atoms with Gasteiger partial charge in [-0.3, -0.25) is 0 Å². The second kappa shape index (κ2) is 6.58. The number of hydrogen-bond acceptors (Lipinski definition) is 3. The Bertz CT molecular complexity index is 704. The van der Waals surface area contributed by atoms with Crippen LogP contribution in [-0.2, 0) is 9.84 Å². The molecule has 3 nitrogen and oxygen atoms in total. The topological polar surface area (TPSA) is 46.2 Å². The molecule has 2 aromatic carbocycles. The first kappa shape index (κ1) is 16.0. The summed E-state index contributed by atoms with van der Waals surface area (Å²) in [6, 6.07) is 14.8. The van der Waals surface area contributed by atoms with E-state index in [2.05, 4.69) is 42.6 Å². The van der Waals surface area contributed by atoms with E-state index in [-0.39, 0.29) is 17.7 Å². The SMILES string of the molecule is C[C@@H](CN[C@H](C)c1cccc2ccccc12)CS(C)(=O)=O. The Morgan fingerprint density at radius 2 is 1.71 bits per heavy atom. The molecule has 0 saturated heterocycles. The van der Waals surface area contributed by atoms with Crippen LogP contribution in [0.25, 0.3) is 10.8 Å². The maximum absolute atomic E-state index is 11.3. The molecule has 0 spiro atoms. The summed E-state index contributed by atoms with van der Waals surface area (Å²) in [5.41, 5.74) is 1.25. The van der Waals surface area contributed by atoms with E-state index in [0.717, 1.165) is 0 Å². The van der Waals surface area contributed by atoms with Gasteiger partial charge < -0.3 is 5.32 Å². The Labute approximate surface area is 127 Å². The van der Waals surface area contributed by atoms with Crippen LogP contribution in [0.5, 0.6) is 0 Å². The van der Waals surface area contributed by atoms with Gasteiger partial charge in [-0.05, 0) is 35.7 Å². The van der Waals surface area contributed by atoms with E-state index in [1.165, 1.54) is 22.6 Å². The second-order valence-corrected chi connectivity index (χ2v) is 8.08. The molecule has 0 unspecified atom stereocenters. The van der Waals surface area contributed by atoms with Crippen molar-refractivity contribution in [2.75, 3.05) is 18.6 Å². The summed E-state index contributed by atoms with van der Waals surface area (Å²) in [7, 11) is -2.91. The molecule has 2 rings (SSSR count). The van der Waals surface area contributed by atoms with Crippen LogP contribution in [0.2, 0.25) is 0 Å². The van der Waals surface area contributed by atoms with Crippen LogP contribution in [0.4, 0.5) is 0 Å². The van der Waals surface area contributed by atoms with E-state index < -0.39 is 9.84 Å². The molecule has 0 aromatic heterocycles. The zero-order valence-electron chi connectivity index (χ0n) is 12.8. The smallest absolute Gasteiger partial charge is 0.147 e. The largest absolute Gasteiger partial charge is 0.310 e. The van der Waals surface area contributed by atoms with Gasteiger partial charge >= 0.3 is 0 Å². The third kappa shape index (κ3) is 4.55. The molecular weight excluding hydrogens is 282 g/mol. The Hall–Kier alpha value is -1.39. The quantitative estimate of drug-likeness (QED) is 0.891. The van der Waals surface area contributed by atoms with Crippen LogP contribution >= 0.6 is 0 Å². The molecule has 1 N–H and O–H groups in total. The van der Waals surface area contributed by atoms with Crippen LogP contribution in [-0.4, -0.2) is 27.0 Å². The standard InChI is InChI=1S/C17H23NO2S/c1-13(12-21(3,19)20)11-18-14(2)16-10-6-8-15-7-4-5-9-17(15)16/h4-10,13-14,18H,11-12H2,1-3H3/t13-,14+/m0/s1. The molecule has 0 aliphatic carbocycles. The van der Waals surface area contributed by atoms with Crippen molar-refractivity contribution in [2.24, 2.45) is 5.92 Å². The van der Waals surface area contributed by atoms with Gasteiger partial charge in [-0.15, -0.1) is 0 Å². The highest BCUT2D eigenvalue weighted by Crippen LogP contribution is 2.24. The number of sulfone groups is 1. The summed E-state index contributed by atoms with van der Waals surface area (Å²) >= 11 is 0. The van der Waals surface area contributed by atoms with Crippen molar-refractivity contribution in [3.05, 3.63) is 48.0 Å². The lowest BCUT2D eigenvalue weighted by atomic mass is 9.99. The van der Waals surface area contributed by atoms with Gasteiger partial charge in [-0.2, -0.15) is 0 Å². The van der Waals surface area contributed by atoms with Crippen LogP contribution in [0, 0.1) is 5.92 Å². The average Bonchev–Trinajstić information content (AvgIpc) is 2.42. The first-order valence-electron chi connectivity index (χ1n) is 7.25. The number of nitrogens with one attached hydrogen (secondary N) is 1. The average molecular weight is 305 g/mol. The van der Waals surface area contributed by atoms with Crippen molar-refractivity contribution in [2.45, 2.75) is 19.9 Å². The van der Waals surface area contributed by atoms with E-state index in [4.69, 9.17) is 0 Å². The maximum atomic E-state index is 11.3. The lowest BCUT2D eigenvalue weighted by Gasteiger charge is -2.19. The van der Waals surface area contributed by atoms with E-state index in [1.54, 1.807) is 0 Å². The van der Waals surface area contributed by atoms with Crippen molar-refractivity contribution in [1.82, 2.24) is 5.32 Å². The summed E-state index contributed by atoms with van der Waals surface area (Å²) in [5.74, 6) is 0.333. The predicted octanol–water partition coefficient (Wildman–Crippen LogP) is 3.17. The van der Waals surface area contributed by atoms with E-state index in [0.29, 0.717) is 6.54 Å². The van der Waals surface area contributed by atoms with Gasteiger partial charge in [-0.25, -0.2) is 8.42 Å². The number of fused-ring (bicyclic) bond motifs is 1. The van der Waals surface area contributed by atoms with Crippen LogP contribution in [0.1, 0.15) is 25.5 Å². The third-order valence-corrected chi connectivity index (χ3v) is 4.82. The van der Waals surface area contributed by atoms with E-state index in [9.17, 15) is 8.42 Å². The fourth-order valence-electron chi connectivity index (χ4n) is 2.69. The molecule has 0 aliphatic rings. The fraction of sp³-hybridized carbons (Fsp3) is 0.412. The van der Waals surface area contributed by atoms with Gasteiger partial charge in [0.05, 0.1) is 5.75 Å². The van der Waals surface area contributed by atoms with Gasteiger partial charge in [0.1, 0.15) is 9.84 Å². The van der Waals surface area contributed by atoms with Crippen LogP contribution in [0.15, 0.2) is 42.5 Å². The van der Waals surface area contributed by atoms with Gasteiger partial charge in [0, 0.05) is 12.3 Å². The molecule has 0 saturated carbocycles. The van der Waals surface area contributed by atoms with Crippen LogP contribution < -0.4 is 5.32 Å². The Kier molecular flexibility index (Phi) is 5.01. The number of hydrogen-bond donors (Lipinski definition) is 1. The normalized spacial score (nSPS) is 15.0. The molecule has 0 bridgehead atoms. The molecular formula is C17H23NO2S. The summed E-state index contributed by atoms with van der Waals surface area (Å²) in [6.07, 6.45) is 1.29. The Morgan fingerprint density at radius 3 is 2.43 bits per heavy atom. The van der Waals surface area contributed by atoms with Crippen molar-refractivity contribution in [1.29, 1.82) is 0 Å². The number of benzene rings is 2. The Balaban J connectivity index is 2.07. The predicted molar refractivity (Wildman–Crippen MR) is 89.2 cm³/mol. The first-order chi connectivity index (χ1) is 9.87. The van der Waals surface area contributed by atoms with Crippen LogP contribution in [0.3, 0.4) is 0 Å². The van der Waals surface area contributed by atoms with Crippen molar-refractivity contribution in [3.63, 3.8) is 0 Å². The molecule has 2 atom stereocenters. The first-order valence-corrected chi connectivity index (χ1v) is 9.31. The van der Waals surface area contributed by atoms with Crippen molar-refractivity contribution in [3.8, 4) is 0 Å². The molecule has 0 radical (unpaired) electrons. The van der Waals surface area contributed by atoms with Gasteiger partial charge in [-0.1, -0.05) is 49.4 Å². The lowest BCUT2D eigenvalue weighted by molar-refractivity contribution is 0.493. The highest BCUT2D eigenvalue weighted by Gasteiger charge is 2.13.